The van der Waals surface area contributed by atoms with E-state index < -0.39 is 17.4 Å². The summed E-state index contributed by atoms with van der Waals surface area (Å²) in [6.07, 6.45) is 1.19. The van der Waals surface area contributed by atoms with Crippen LogP contribution in [-0.4, -0.2) is 30.4 Å². The summed E-state index contributed by atoms with van der Waals surface area (Å²) in [7, 11) is 0. The van der Waals surface area contributed by atoms with Crippen LogP contribution in [-0.2, 0) is 16.0 Å². The molecular formula is C31H36FN3O2. The summed E-state index contributed by atoms with van der Waals surface area (Å²) in [6, 6.07) is 18.9. The van der Waals surface area contributed by atoms with Crippen LogP contribution in [0.4, 0.5) is 15.8 Å². The predicted octanol–water partition coefficient (Wildman–Crippen LogP) is 5.88. The Labute approximate surface area is 219 Å². The van der Waals surface area contributed by atoms with Crippen molar-refractivity contribution in [1.82, 2.24) is 5.32 Å². The van der Waals surface area contributed by atoms with Crippen molar-refractivity contribution in [2.45, 2.75) is 59.0 Å². The number of nitrogens with zero attached hydrogens (tertiary/aromatic N) is 2. The third kappa shape index (κ3) is 6.01. The maximum absolute atomic E-state index is 14.1. The first-order valence-electron chi connectivity index (χ1n) is 12.8. The van der Waals surface area contributed by atoms with Gasteiger partial charge in [-0.25, -0.2) is 4.39 Å². The molecule has 0 bridgehead atoms. The summed E-state index contributed by atoms with van der Waals surface area (Å²) in [4.78, 5) is 31.7. The molecule has 5 nitrogen and oxygen atoms in total. The molecule has 6 heteroatoms. The van der Waals surface area contributed by atoms with Gasteiger partial charge in [-0.05, 0) is 87.6 Å². The lowest BCUT2D eigenvalue weighted by atomic mass is 9.98. The molecule has 0 saturated carbocycles. The molecule has 194 valence electrons. The van der Waals surface area contributed by atoms with Crippen LogP contribution in [0, 0.1) is 19.7 Å². The Morgan fingerprint density at radius 2 is 1.70 bits per heavy atom. The number of aryl methyl sites for hydroxylation is 1. The van der Waals surface area contributed by atoms with E-state index in [0.717, 1.165) is 29.8 Å². The number of hydrogen-bond donors (Lipinski definition) is 1. The van der Waals surface area contributed by atoms with Crippen molar-refractivity contribution in [2.24, 2.45) is 0 Å². The second-order valence-electron chi connectivity index (χ2n) is 10.8. The van der Waals surface area contributed by atoms with E-state index in [1.165, 1.54) is 17.7 Å². The number of anilines is 2. The number of hydrogen-bond acceptors (Lipinski definition) is 3. The Bertz CT molecular complexity index is 1280. The van der Waals surface area contributed by atoms with E-state index in [2.05, 4.69) is 22.3 Å². The number of benzene rings is 3. The van der Waals surface area contributed by atoms with E-state index in [1.54, 1.807) is 17.0 Å². The van der Waals surface area contributed by atoms with Gasteiger partial charge in [0.1, 0.15) is 11.9 Å². The van der Waals surface area contributed by atoms with Crippen LogP contribution in [0.15, 0.2) is 66.7 Å². The third-order valence-electron chi connectivity index (χ3n) is 6.87. The van der Waals surface area contributed by atoms with Crippen LogP contribution in [0.2, 0.25) is 0 Å². The summed E-state index contributed by atoms with van der Waals surface area (Å²) in [5.74, 6) is -0.854. The highest BCUT2D eigenvalue weighted by molar-refractivity contribution is 6.02. The Morgan fingerprint density at radius 1 is 1.00 bits per heavy atom. The van der Waals surface area contributed by atoms with Crippen LogP contribution in [0.1, 0.15) is 55.5 Å². The summed E-state index contributed by atoms with van der Waals surface area (Å²) in [6.45, 7) is 11.1. The average Bonchev–Trinajstić information content (AvgIpc) is 3.26. The molecule has 0 aliphatic carbocycles. The molecule has 1 N–H and O–H groups in total. The zero-order valence-electron chi connectivity index (χ0n) is 22.3. The Kier molecular flexibility index (Phi) is 7.67. The molecule has 37 heavy (non-hydrogen) atoms. The van der Waals surface area contributed by atoms with Gasteiger partial charge in [0.25, 0.3) is 0 Å². The standard InChI is InChI=1S/C31H36FN3O2/c1-21-9-8-12-26(22(21)2)35(28(36)18-20-34-19-17-23-10-6-7-11-27(23)34)29(30(37)33-31(3,4)5)24-13-15-25(32)16-14-24/h6-16,29H,17-20H2,1-5H3,(H,33,37)/t29-/m0/s1. The summed E-state index contributed by atoms with van der Waals surface area (Å²) in [5.41, 5.74) is 5.14. The zero-order chi connectivity index (χ0) is 26.7. The molecule has 0 fully saturated rings. The lowest BCUT2D eigenvalue weighted by molar-refractivity contribution is -0.127. The van der Waals surface area contributed by atoms with Crippen LogP contribution in [0.3, 0.4) is 0 Å². The Hall–Kier alpha value is -3.67. The van der Waals surface area contributed by atoms with E-state index in [-0.39, 0.29) is 18.2 Å². The van der Waals surface area contributed by atoms with E-state index >= 15 is 0 Å². The zero-order valence-corrected chi connectivity index (χ0v) is 22.3. The number of fused-ring (bicyclic) bond motifs is 1. The van der Waals surface area contributed by atoms with Gasteiger partial charge in [0, 0.05) is 36.4 Å². The molecule has 0 saturated heterocycles. The molecule has 1 heterocycles. The minimum absolute atomic E-state index is 0.156. The monoisotopic (exact) mass is 501 g/mol. The van der Waals surface area contributed by atoms with E-state index in [1.807, 2.05) is 65.0 Å². The number of para-hydroxylation sites is 1. The molecule has 4 rings (SSSR count). The second-order valence-corrected chi connectivity index (χ2v) is 10.8. The topological polar surface area (TPSA) is 52.7 Å². The summed E-state index contributed by atoms with van der Waals surface area (Å²) in [5, 5.41) is 3.04. The Morgan fingerprint density at radius 3 is 2.41 bits per heavy atom. The third-order valence-corrected chi connectivity index (χ3v) is 6.87. The van der Waals surface area contributed by atoms with Crippen molar-refractivity contribution >= 4 is 23.2 Å². The molecular weight excluding hydrogens is 465 g/mol. The molecule has 2 amide bonds. The molecule has 1 aliphatic heterocycles. The fourth-order valence-corrected chi connectivity index (χ4v) is 4.90. The fourth-order valence-electron chi connectivity index (χ4n) is 4.90. The molecule has 0 spiro atoms. The summed E-state index contributed by atoms with van der Waals surface area (Å²) >= 11 is 0. The van der Waals surface area contributed by atoms with Crippen molar-refractivity contribution in [3.05, 3.63) is 94.8 Å². The SMILES string of the molecule is Cc1cccc(N(C(=O)CCN2CCc3ccccc32)[C@H](C(=O)NC(C)(C)C)c2ccc(F)cc2)c1C. The molecule has 1 aliphatic rings. The molecule has 0 unspecified atom stereocenters. The largest absolute Gasteiger partial charge is 0.370 e. The van der Waals surface area contributed by atoms with Gasteiger partial charge in [-0.15, -0.1) is 0 Å². The van der Waals surface area contributed by atoms with Gasteiger partial charge in [-0.3, -0.25) is 14.5 Å². The normalized spacial score (nSPS) is 13.7. The first kappa shape index (κ1) is 26.4. The summed E-state index contributed by atoms with van der Waals surface area (Å²) < 4.78 is 13.9. The van der Waals surface area contributed by atoms with Gasteiger partial charge in [-0.2, -0.15) is 0 Å². The van der Waals surface area contributed by atoms with Crippen molar-refractivity contribution in [3.63, 3.8) is 0 Å². The highest BCUT2D eigenvalue weighted by atomic mass is 19.1. The molecule has 0 radical (unpaired) electrons. The van der Waals surface area contributed by atoms with Crippen molar-refractivity contribution in [1.29, 1.82) is 0 Å². The van der Waals surface area contributed by atoms with Crippen LogP contribution >= 0.6 is 0 Å². The van der Waals surface area contributed by atoms with E-state index in [9.17, 15) is 14.0 Å². The minimum atomic E-state index is -0.946. The predicted molar refractivity (Wildman–Crippen MR) is 147 cm³/mol. The van der Waals surface area contributed by atoms with Crippen LogP contribution in [0.25, 0.3) is 0 Å². The van der Waals surface area contributed by atoms with E-state index in [4.69, 9.17) is 0 Å². The van der Waals surface area contributed by atoms with Gasteiger partial charge in [0.05, 0.1) is 0 Å². The maximum Gasteiger partial charge on any atom is 0.248 e. The molecule has 3 aromatic rings. The molecule has 0 aromatic heterocycles. The lowest BCUT2D eigenvalue weighted by Crippen LogP contribution is -2.50. The first-order valence-corrected chi connectivity index (χ1v) is 12.8. The number of nitrogens with one attached hydrogen (secondary N) is 1. The van der Waals surface area contributed by atoms with Gasteiger partial charge in [-0.1, -0.05) is 42.5 Å². The van der Waals surface area contributed by atoms with Crippen LogP contribution < -0.4 is 15.1 Å². The quantitative estimate of drug-likeness (QED) is 0.440. The fraction of sp³-hybridized carbons (Fsp3) is 0.355. The van der Waals surface area contributed by atoms with Crippen LogP contribution in [0.5, 0.6) is 0 Å². The smallest absolute Gasteiger partial charge is 0.248 e. The Balaban J connectivity index is 1.73. The van der Waals surface area contributed by atoms with Gasteiger partial charge in [0.2, 0.25) is 11.8 Å². The van der Waals surface area contributed by atoms with Gasteiger partial charge in [0.15, 0.2) is 0 Å². The number of carbonyl (C=O) groups excluding carboxylic acids is 2. The highest BCUT2D eigenvalue weighted by Crippen LogP contribution is 2.34. The van der Waals surface area contributed by atoms with Gasteiger partial charge < -0.3 is 10.2 Å². The average molecular weight is 502 g/mol. The minimum Gasteiger partial charge on any atom is -0.370 e. The first-order chi connectivity index (χ1) is 17.5. The number of rotatable bonds is 7. The number of carbonyl (C=O) groups is 2. The molecule has 1 atom stereocenters. The van der Waals surface area contributed by atoms with E-state index in [0.29, 0.717) is 17.8 Å². The molecule has 3 aromatic carbocycles. The number of amides is 2. The highest BCUT2D eigenvalue weighted by Gasteiger charge is 2.35. The lowest BCUT2D eigenvalue weighted by Gasteiger charge is -2.35. The second kappa shape index (κ2) is 10.8. The van der Waals surface area contributed by atoms with Crippen molar-refractivity contribution in [3.8, 4) is 0 Å². The van der Waals surface area contributed by atoms with Gasteiger partial charge >= 0.3 is 0 Å². The van der Waals surface area contributed by atoms with Crippen molar-refractivity contribution < 1.29 is 14.0 Å². The maximum atomic E-state index is 14.1. The number of halogens is 1. The van der Waals surface area contributed by atoms with Crippen molar-refractivity contribution in [2.75, 3.05) is 22.9 Å².